The number of carbonyl (C=O) groups is 3. The Hall–Kier alpha value is -1.12. The molecule has 8 heteroatoms. The van der Waals surface area contributed by atoms with Gasteiger partial charge in [0.15, 0.2) is 22.8 Å². The summed E-state index contributed by atoms with van der Waals surface area (Å²) in [4.78, 5) is 40.7. The monoisotopic (exact) mass is 589 g/mol. The van der Waals surface area contributed by atoms with E-state index in [1.165, 1.54) is 19.3 Å². The number of rotatable bonds is 29. The van der Waals surface area contributed by atoms with E-state index >= 15 is 0 Å². The molecule has 0 bridgehead atoms. The lowest BCUT2D eigenvalue weighted by Gasteiger charge is -2.29. The van der Waals surface area contributed by atoms with Crippen molar-refractivity contribution in [3.63, 3.8) is 0 Å². The molecule has 4 N–H and O–H groups in total. The van der Waals surface area contributed by atoms with Gasteiger partial charge in [0, 0.05) is 19.3 Å². The van der Waals surface area contributed by atoms with Gasteiger partial charge >= 0.3 is 0 Å². The summed E-state index contributed by atoms with van der Waals surface area (Å²) in [5, 5.41) is 0. The van der Waals surface area contributed by atoms with Gasteiger partial charge in [-0.25, -0.2) is 0 Å². The van der Waals surface area contributed by atoms with Crippen LogP contribution in [0.25, 0.3) is 0 Å². The molecule has 0 aromatic rings. The molecule has 0 saturated heterocycles. The molecule has 238 valence electrons. The van der Waals surface area contributed by atoms with Crippen LogP contribution in [0.2, 0.25) is 0 Å². The molecule has 0 aliphatic heterocycles. The van der Waals surface area contributed by atoms with E-state index in [0.717, 1.165) is 96.3 Å². The SMILES string of the molecule is CCCCCCCCCC(=O)C(CS(=O)(=O)O)(C(=O)CCCCCCCCC)C(=O)CCCCCCCCC.N. The van der Waals surface area contributed by atoms with Gasteiger partial charge in [0.2, 0.25) is 0 Å². The minimum absolute atomic E-state index is 0. The van der Waals surface area contributed by atoms with Crippen molar-refractivity contribution in [2.24, 2.45) is 5.41 Å². The van der Waals surface area contributed by atoms with E-state index in [-0.39, 0.29) is 25.4 Å². The summed E-state index contributed by atoms with van der Waals surface area (Å²) in [6.45, 7) is 6.46. The second-order valence-electron chi connectivity index (χ2n) is 11.5. The number of Topliss-reactive ketones (excluding diaryl/α,β-unsaturated/α-hetero) is 3. The molecule has 0 spiro atoms. The van der Waals surface area contributed by atoms with E-state index in [2.05, 4.69) is 20.8 Å². The molecule has 0 fully saturated rings. The number of unbranched alkanes of at least 4 members (excludes halogenated alkanes) is 18. The van der Waals surface area contributed by atoms with Crippen molar-refractivity contribution in [3.8, 4) is 0 Å². The Labute approximate surface area is 246 Å². The number of ketones is 3. The van der Waals surface area contributed by atoms with Crippen LogP contribution in [0, 0.1) is 5.41 Å². The Balaban J connectivity index is 0. The normalized spacial score (nSPS) is 11.8. The van der Waals surface area contributed by atoms with Crippen LogP contribution in [-0.4, -0.2) is 36.1 Å². The fourth-order valence-corrected chi connectivity index (χ4v) is 6.38. The molecule has 0 aromatic carbocycles. The van der Waals surface area contributed by atoms with Crippen molar-refractivity contribution < 1.29 is 27.4 Å². The first-order valence-corrected chi connectivity index (χ1v) is 17.8. The lowest BCUT2D eigenvalue weighted by atomic mass is 9.72. The molecule has 0 aliphatic carbocycles. The van der Waals surface area contributed by atoms with E-state index in [1.54, 1.807) is 0 Å². The number of hydrogen-bond acceptors (Lipinski definition) is 6. The van der Waals surface area contributed by atoms with Crippen LogP contribution >= 0.6 is 0 Å². The second-order valence-corrected chi connectivity index (χ2v) is 13.0. The van der Waals surface area contributed by atoms with Gasteiger partial charge in [-0.15, -0.1) is 0 Å². The quantitative estimate of drug-likeness (QED) is 0.0503. The van der Waals surface area contributed by atoms with Gasteiger partial charge in [0.1, 0.15) is 5.75 Å². The van der Waals surface area contributed by atoms with Crippen molar-refractivity contribution >= 4 is 27.5 Å². The van der Waals surface area contributed by atoms with Crippen molar-refractivity contribution in [1.82, 2.24) is 6.15 Å². The highest BCUT2D eigenvalue weighted by molar-refractivity contribution is 7.85. The Morgan fingerprint density at radius 3 is 0.925 bits per heavy atom. The van der Waals surface area contributed by atoms with Gasteiger partial charge in [-0.2, -0.15) is 8.42 Å². The molecule has 40 heavy (non-hydrogen) atoms. The van der Waals surface area contributed by atoms with Crippen LogP contribution < -0.4 is 6.15 Å². The molecule has 0 radical (unpaired) electrons. The first kappa shape index (κ1) is 41.0. The van der Waals surface area contributed by atoms with Crippen LogP contribution in [0.4, 0.5) is 0 Å². The molecule has 0 heterocycles. The van der Waals surface area contributed by atoms with Gasteiger partial charge < -0.3 is 6.15 Å². The van der Waals surface area contributed by atoms with Crippen molar-refractivity contribution in [2.45, 2.75) is 175 Å². The first-order valence-electron chi connectivity index (χ1n) is 16.2. The molecular weight excluding hydrogens is 526 g/mol. The third-order valence-electron chi connectivity index (χ3n) is 7.85. The third kappa shape index (κ3) is 19.1. The topological polar surface area (TPSA) is 141 Å². The zero-order valence-electron chi connectivity index (χ0n) is 26.3. The smallest absolute Gasteiger partial charge is 0.266 e. The van der Waals surface area contributed by atoms with Gasteiger partial charge in [-0.3, -0.25) is 18.9 Å². The Kier molecular flexibility index (Phi) is 26.2. The summed E-state index contributed by atoms with van der Waals surface area (Å²) in [5.74, 6) is -2.96. The van der Waals surface area contributed by atoms with Crippen LogP contribution in [0.3, 0.4) is 0 Å². The van der Waals surface area contributed by atoms with Crippen LogP contribution in [0.5, 0.6) is 0 Å². The second kappa shape index (κ2) is 25.6. The molecule has 0 atom stereocenters. The van der Waals surface area contributed by atoms with E-state index in [0.29, 0.717) is 19.3 Å². The predicted molar refractivity (Wildman–Crippen MR) is 167 cm³/mol. The predicted octanol–water partition coefficient (Wildman–Crippen LogP) is 9.15. The van der Waals surface area contributed by atoms with Gasteiger partial charge in [0.05, 0.1) is 0 Å². The maximum absolute atomic E-state index is 13.6. The maximum atomic E-state index is 13.6. The van der Waals surface area contributed by atoms with Crippen molar-refractivity contribution in [1.29, 1.82) is 0 Å². The minimum atomic E-state index is -4.72. The Morgan fingerprint density at radius 2 is 0.700 bits per heavy atom. The molecular formula is C32H63NO6S. The lowest BCUT2D eigenvalue weighted by Crippen LogP contribution is -2.51. The van der Waals surface area contributed by atoms with Gasteiger partial charge in [-0.05, 0) is 19.3 Å². The largest absolute Gasteiger partial charge is 0.344 e. The maximum Gasteiger partial charge on any atom is 0.266 e. The van der Waals surface area contributed by atoms with Crippen LogP contribution in [0.1, 0.15) is 175 Å². The summed E-state index contributed by atoms with van der Waals surface area (Å²) in [5.41, 5.74) is -2.26. The van der Waals surface area contributed by atoms with Crippen LogP contribution in [-0.2, 0) is 24.5 Å². The molecule has 0 aromatic heterocycles. The summed E-state index contributed by atoms with van der Waals surface area (Å²) in [7, 11) is -4.72. The van der Waals surface area contributed by atoms with Crippen molar-refractivity contribution in [2.75, 3.05) is 5.75 Å². The minimum Gasteiger partial charge on any atom is -0.344 e. The summed E-state index contributed by atoms with van der Waals surface area (Å²) >= 11 is 0. The zero-order valence-corrected chi connectivity index (χ0v) is 27.1. The fourth-order valence-electron chi connectivity index (χ4n) is 5.35. The molecule has 0 rings (SSSR count). The average molecular weight is 590 g/mol. The molecule has 0 aliphatic rings. The van der Waals surface area contributed by atoms with Crippen molar-refractivity contribution in [3.05, 3.63) is 0 Å². The molecule has 0 unspecified atom stereocenters. The molecule has 0 amide bonds. The molecule has 7 nitrogen and oxygen atoms in total. The lowest BCUT2D eigenvalue weighted by molar-refractivity contribution is -0.148. The van der Waals surface area contributed by atoms with E-state index in [1.807, 2.05) is 0 Å². The van der Waals surface area contributed by atoms with E-state index in [4.69, 9.17) is 0 Å². The fraction of sp³-hybridized carbons (Fsp3) is 0.906. The highest BCUT2D eigenvalue weighted by Crippen LogP contribution is 2.32. The zero-order chi connectivity index (χ0) is 29.4. The summed E-state index contributed by atoms with van der Waals surface area (Å²) < 4.78 is 34.0. The number of hydrogen-bond donors (Lipinski definition) is 2. The summed E-state index contributed by atoms with van der Waals surface area (Å²) in [6, 6.07) is 0. The average Bonchev–Trinajstić information content (AvgIpc) is 2.89. The molecule has 0 saturated carbocycles. The van der Waals surface area contributed by atoms with E-state index < -0.39 is 38.6 Å². The summed E-state index contributed by atoms with van der Waals surface area (Å²) in [6.07, 6.45) is 20.5. The first-order chi connectivity index (χ1) is 18.7. The van der Waals surface area contributed by atoms with E-state index in [9.17, 15) is 27.4 Å². The Morgan fingerprint density at radius 1 is 0.475 bits per heavy atom. The van der Waals surface area contributed by atoms with Gasteiger partial charge in [-0.1, -0.05) is 136 Å². The number of carbonyl (C=O) groups excluding carboxylic acids is 3. The highest BCUT2D eigenvalue weighted by atomic mass is 32.2. The van der Waals surface area contributed by atoms with Gasteiger partial charge in [0.25, 0.3) is 10.1 Å². The standard InChI is InChI=1S/C32H60O6S.H3N/c1-4-7-10-13-16-19-22-25-29(33)32(28-39(36,37)38,30(34)26-23-20-17-14-11-8-5-2)31(35)27-24-21-18-15-12-9-6-3;/h4-28H2,1-3H3,(H,36,37,38);1H3. The van der Waals surface area contributed by atoms with Crippen LogP contribution in [0.15, 0.2) is 0 Å². The highest BCUT2D eigenvalue weighted by Gasteiger charge is 2.52. The Bertz CT molecular complexity index is 691. The third-order valence-corrected chi connectivity index (χ3v) is 8.65.